The van der Waals surface area contributed by atoms with Gasteiger partial charge in [0.1, 0.15) is 0 Å². The zero-order valence-electron chi connectivity index (χ0n) is 8.15. The summed E-state index contributed by atoms with van der Waals surface area (Å²) in [6.45, 7) is 2.50. The predicted molar refractivity (Wildman–Crippen MR) is 53.4 cm³/mol. The van der Waals surface area contributed by atoms with Gasteiger partial charge in [-0.15, -0.1) is 0 Å². The van der Waals surface area contributed by atoms with Gasteiger partial charge in [-0.3, -0.25) is 0 Å². The van der Waals surface area contributed by atoms with Crippen molar-refractivity contribution in [2.75, 3.05) is 19.7 Å². The average molecular weight is 179 g/mol. The van der Waals surface area contributed by atoms with Crippen LogP contribution < -0.4 is 0 Å². The molecule has 0 amide bonds. The fraction of sp³-hybridized carbons (Fsp3) is 1.00. The van der Waals surface area contributed by atoms with Crippen LogP contribution in [0.5, 0.6) is 0 Å². The number of hydrogen-bond acceptors (Lipinski definition) is 2. The molecule has 2 fully saturated rings. The highest BCUT2D eigenvalue weighted by Gasteiger charge is 2.42. The molecule has 0 spiro atoms. The van der Waals surface area contributed by atoms with Crippen molar-refractivity contribution < 1.29 is 5.11 Å². The van der Waals surface area contributed by atoms with Crippen LogP contribution in [-0.2, 0) is 0 Å². The maximum atomic E-state index is 8.81. The summed E-state index contributed by atoms with van der Waals surface area (Å²) < 4.78 is 0. The Labute approximate surface area is 81.7 Å². The van der Waals surface area contributed by atoms with Gasteiger partial charge >= 0.3 is 0 Å². The molecule has 1 saturated carbocycles. The minimum absolute atomic E-state index is 0.372. The van der Waals surface area contributed by atoms with Gasteiger partial charge in [-0.05, 0) is 56.5 Å². The number of hydrogen-bond donors (Lipinski definition) is 1. The van der Waals surface area contributed by atoms with Crippen molar-refractivity contribution in [3.63, 3.8) is 0 Å². The lowest BCUT2D eigenvalue weighted by molar-refractivity contribution is 0.237. The normalized spacial score (nSPS) is 36.4. The average Bonchev–Trinajstić information content (AvgIpc) is 2.86. The summed E-state index contributed by atoms with van der Waals surface area (Å²) >= 11 is 0. The van der Waals surface area contributed by atoms with Gasteiger partial charge < -0.3 is 9.92 Å². The summed E-state index contributed by atoms with van der Waals surface area (Å²) in [5.41, 5.74) is 0. The molecule has 2 aliphatic rings. The molecular formula is C10H18BNO. The van der Waals surface area contributed by atoms with Crippen molar-refractivity contribution in [1.29, 1.82) is 0 Å². The van der Waals surface area contributed by atoms with E-state index in [4.69, 9.17) is 13.1 Å². The van der Waals surface area contributed by atoms with E-state index >= 15 is 0 Å². The summed E-state index contributed by atoms with van der Waals surface area (Å²) in [5.74, 6) is 2.65. The van der Waals surface area contributed by atoms with Crippen LogP contribution in [0.25, 0.3) is 0 Å². The molecule has 2 nitrogen and oxygen atoms in total. The third-order valence-electron chi connectivity index (χ3n) is 3.66. The van der Waals surface area contributed by atoms with E-state index in [1.165, 1.54) is 19.3 Å². The fourth-order valence-corrected chi connectivity index (χ4v) is 2.69. The molecule has 1 N–H and O–H groups in total. The summed E-state index contributed by atoms with van der Waals surface area (Å²) in [5, 5.41) is 8.81. The van der Waals surface area contributed by atoms with Crippen LogP contribution in [0.2, 0.25) is 0 Å². The first-order valence-corrected chi connectivity index (χ1v) is 5.41. The van der Waals surface area contributed by atoms with Crippen LogP contribution in [0.4, 0.5) is 0 Å². The molecule has 0 bridgehead atoms. The summed E-state index contributed by atoms with van der Waals surface area (Å²) in [4.78, 5) is 1.93. The molecule has 1 aliphatic carbocycles. The number of aliphatic hydroxyl groups is 1. The SMILES string of the molecule is [B]N1CCC(C2CC2CCO)CC1. The highest BCUT2D eigenvalue weighted by atomic mass is 16.3. The monoisotopic (exact) mass is 179 g/mol. The molecule has 3 heteroatoms. The topological polar surface area (TPSA) is 23.5 Å². The zero-order chi connectivity index (χ0) is 9.26. The van der Waals surface area contributed by atoms with E-state index in [1.807, 2.05) is 4.81 Å². The van der Waals surface area contributed by atoms with Gasteiger partial charge in [-0.2, -0.15) is 0 Å². The highest BCUT2D eigenvalue weighted by Crippen LogP contribution is 2.49. The van der Waals surface area contributed by atoms with Crippen LogP contribution >= 0.6 is 0 Å². The molecule has 2 atom stereocenters. The molecule has 1 heterocycles. The predicted octanol–water partition coefficient (Wildman–Crippen LogP) is 0.800. The minimum Gasteiger partial charge on any atom is -0.396 e. The lowest BCUT2D eigenvalue weighted by atomic mass is 9.89. The van der Waals surface area contributed by atoms with E-state index in [1.54, 1.807) is 0 Å². The van der Waals surface area contributed by atoms with E-state index in [2.05, 4.69) is 0 Å². The van der Waals surface area contributed by atoms with E-state index in [9.17, 15) is 0 Å². The Kier molecular flexibility index (Phi) is 2.94. The molecule has 1 aliphatic heterocycles. The summed E-state index contributed by atoms with van der Waals surface area (Å²) in [7, 11) is 5.70. The number of nitrogens with zero attached hydrogens (tertiary/aromatic N) is 1. The van der Waals surface area contributed by atoms with Crippen LogP contribution in [0.1, 0.15) is 25.7 Å². The third kappa shape index (κ3) is 2.26. The van der Waals surface area contributed by atoms with Gasteiger partial charge in [0, 0.05) is 6.61 Å². The first kappa shape index (κ1) is 9.54. The Morgan fingerprint density at radius 2 is 2.00 bits per heavy atom. The number of rotatable bonds is 3. The maximum Gasteiger partial charge on any atom is 0.182 e. The Balaban J connectivity index is 1.71. The van der Waals surface area contributed by atoms with Crippen LogP contribution in [0.3, 0.4) is 0 Å². The number of aliphatic hydroxyl groups excluding tert-OH is 1. The van der Waals surface area contributed by atoms with E-state index in [0.717, 1.165) is 37.3 Å². The summed E-state index contributed by atoms with van der Waals surface area (Å²) in [6.07, 6.45) is 4.91. The van der Waals surface area contributed by atoms with E-state index in [0.29, 0.717) is 6.61 Å². The van der Waals surface area contributed by atoms with Crippen molar-refractivity contribution in [1.82, 2.24) is 4.81 Å². The second-order valence-electron chi connectivity index (χ2n) is 4.55. The molecule has 0 aromatic heterocycles. The second-order valence-corrected chi connectivity index (χ2v) is 4.55. The second kappa shape index (κ2) is 4.01. The number of piperidine rings is 1. The fourth-order valence-electron chi connectivity index (χ4n) is 2.69. The van der Waals surface area contributed by atoms with Crippen LogP contribution in [0.15, 0.2) is 0 Å². The quantitative estimate of drug-likeness (QED) is 0.647. The molecule has 2 radical (unpaired) electrons. The van der Waals surface area contributed by atoms with Crippen molar-refractivity contribution in [2.24, 2.45) is 17.8 Å². The molecule has 1 saturated heterocycles. The Morgan fingerprint density at radius 1 is 1.31 bits per heavy atom. The molecular weight excluding hydrogens is 161 g/mol. The molecule has 2 unspecified atom stereocenters. The molecule has 0 aromatic rings. The van der Waals surface area contributed by atoms with Gasteiger partial charge in [0.25, 0.3) is 0 Å². The lowest BCUT2D eigenvalue weighted by Crippen LogP contribution is -2.32. The van der Waals surface area contributed by atoms with Gasteiger partial charge in [0.15, 0.2) is 7.98 Å². The van der Waals surface area contributed by atoms with Crippen molar-refractivity contribution in [2.45, 2.75) is 25.7 Å². The van der Waals surface area contributed by atoms with Crippen molar-refractivity contribution >= 4 is 7.98 Å². The maximum absolute atomic E-state index is 8.81. The smallest absolute Gasteiger partial charge is 0.182 e. The van der Waals surface area contributed by atoms with Gasteiger partial charge in [0.2, 0.25) is 0 Å². The molecule has 72 valence electrons. The van der Waals surface area contributed by atoms with Gasteiger partial charge in [0.05, 0.1) is 0 Å². The Hall–Kier alpha value is -0.0151. The first-order valence-electron chi connectivity index (χ1n) is 5.41. The van der Waals surface area contributed by atoms with Gasteiger partial charge in [-0.25, -0.2) is 0 Å². The van der Waals surface area contributed by atoms with Crippen molar-refractivity contribution in [3.05, 3.63) is 0 Å². The largest absolute Gasteiger partial charge is 0.396 e. The third-order valence-corrected chi connectivity index (χ3v) is 3.66. The van der Waals surface area contributed by atoms with E-state index in [-0.39, 0.29) is 0 Å². The Bertz CT molecular complexity index is 168. The standard InChI is InChI=1S/C10H18BNO/c11-12-4-1-8(2-5-12)10-7-9(10)3-6-13/h8-10,13H,1-7H2. The Morgan fingerprint density at radius 3 is 2.62 bits per heavy atom. The molecule has 13 heavy (non-hydrogen) atoms. The molecule has 0 aromatic carbocycles. The lowest BCUT2D eigenvalue weighted by Gasteiger charge is -2.29. The zero-order valence-corrected chi connectivity index (χ0v) is 8.15. The molecule has 2 rings (SSSR count). The summed E-state index contributed by atoms with van der Waals surface area (Å²) in [6, 6.07) is 0. The van der Waals surface area contributed by atoms with Gasteiger partial charge in [-0.1, -0.05) is 0 Å². The van der Waals surface area contributed by atoms with E-state index < -0.39 is 0 Å². The minimum atomic E-state index is 0.372. The van der Waals surface area contributed by atoms with Crippen molar-refractivity contribution in [3.8, 4) is 0 Å². The van der Waals surface area contributed by atoms with Crippen LogP contribution in [0, 0.1) is 17.8 Å². The highest BCUT2D eigenvalue weighted by molar-refractivity contribution is 6.04. The van der Waals surface area contributed by atoms with Crippen LogP contribution in [-0.4, -0.2) is 37.6 Å². The first-order chi connectivity index (χ1) is 6.31.